The van der Waals surface area contributed by atoms with Gasteiger partial charge in [0.15, 0.2) is 0 Å². The van der Waals surface area contributed by atoms with E-state index < -0.39 is 28.1 Å². The zero-order valence-electron chi connectivity index (χ0n) is 21.4. The summed E-state index contributed by atoms with van der Waals surface area (Å²) in [4.78, 5) is 36.8. The Balaban J connectivity index is 1.38. The van der Waals surface area contributed by atoms with Crippen LogP contribution >= 0.6 is 0 Å². The number of piperidine rings is 1. The molecule has 1 aliphatic rings. The molecule has 0 saturated carbocycles. The smallest absolute Gasteiger partial charge is 0.329 e. The van der Waals surface area contributed by atoms with Gasteiger partial charge in [0.05, 0.1) is 4.90 Å². The molecule has 39 heavy (non-hydrogen) atoms. The molecule has 0 aromatic heterocycles. The van der Waals surface area contributed by atoms with E-state index >= 15 is 0 Å². The minimum absolute atomic E-state index is 0.0804. The summed E-state index contributed by atoms with van der Waals surface area (Å²) in [6.45, 7) is 0.658. The predicted molar refractivity (Wildman–Crippen MR) is 146 cm³/mol. The van der Waals surface area contributed by atoms with E-state index in [1.54, 1.807) is 0 Å². The number of amides is 2. The van der Waals surface area contributed by atoms with Crippen LogP contribution in [-0.4, -0.2) is 50.1 Å². The van der Waals surface area contributed by atoms with Crippen molar-refractivity contribution in [1.29, 1.82) is 0 Å². The molecule has 2 amide bonds. The Hall–Kier alpha value is -4.02. The fourth-order valence-electron chi connectivity index (χ4n) is 4.31. The summed E-state index contributed by atoms with van der Waals surface area (Å²) < 4.78 is 32.8. The third-order valence-electron chi connectivity index (χ3n) is 6.54. The van der Waals surface area contributed by atoms with E-state index in [-0.39, 0.29) is 36.9 Å². The average Bonchev–Trinajstić information content (AvgIpc) is 2.97. The van der Waals surface area contributed by atoms with Crippen LogP contribution in [0.15, 0.2) is 89.8 Å². The number of sulfonamides is 1. The minimum atomic E-state index is -3.71. The summed E-state index contributed by atoms with van der Waals surface area (Å²) in [5.41, 5.74) is 2.05. The third kappa shape index (κ3) is 7.75. The fraction of sp³-hybridized carbons (Fsp3) is 0.276. The topological polar surface area (TPSA) is 122 Å². The number of nitrogens with one attached hydrogen (secondary N) is 2. The maximum atomic E-state index is 13.0. The van der Waals surface area contributed by atoms with Crippen LogP contribution in [0.4, 0.5) is 10.5 Å². The highest BCUT2D eigenvalue weighted by atomic mass is 32.2. The lowest BCUT2D eigenvalue weighted by atomic mass is 10.0. The number of anilines is 1. The largest absolute Gasteiger partial charge is 0.459 e. The third-order valence-corrected chi connectivity index (χ3v) is 8.45. The number of nitrogens with zero attached hydrogens (tertiary/aromatic N) is 1. The van der Waals surface area contributed by atoms with E-state index in [0.29, 0.717) is 18.5 Å². The molecule has 0 spiro atoms. The van der Waals surface area contributed by atoms with Crippen molar-refractivity contribution in [3.05, 3.63) is 96.1 Å². The van der Waals surface area contributed by atoms with E-state index in [1.165, 1.54) is 28.6 Å². The number of rotatable bonds is 10. The summed E-state index contributed by atoms with van der Waals surface area (Å²) in [5.74, 6) is -0.680. The van der Waals surface area contributed by atoms with Gasteiger partial charge in [0.25, 0.3) is 0 Å². The highest BCUT2D eigenvalue weighted by molar-refractivity contribution is 7.89. The zero-order chi connectivity index (χ0) is 27.7. The van der Waals surface area contributed by atoms with Crippen LogP contribution in [0.1, 0.15) is 24.0 Å². The van der Waals surface area contributed by atoms with Crippen LogP contribution in [0.3, 0.4) is 0 Å². The van der Waals surface area contributed by atoms with Crippen molar-refractivity contribution < 1.29 is 27.5 Å². The molecule has 204 valence electrons. The highest BCUT2D eigenvalue weighted by Gasteiger charge is 2.29. The first-order valence-electron chi connectivity index (χ1n) is 12.7. The van der Waals surface area contributed by atoms with Crippen LogP contribution in [0.25, 0.3) is 0 Å². The Labute approximate surface area is 228 Å². The van der Waals surface area contributed by atoms with Gasteiger partial charge in [0.1, 0.15) is 18.9 Å². The molecule has 1 atom stereocenters. The summed E-state index contributed by atoms with van der Waals surface area (Å²) in [5, 5.41) is 5.33. The molecule has 2 N–H and O–H groups in total. The molecule has 1 fully saturated rings. The molecule has 0 aliphatic carbocycles. The Morgan fingerprint density at radius 3 is 2.08 bits per heavy atom. The van der Waals surface area contributed by atoms with Gasteiger partial charge in [-0.1, -0.05) is 60.7 Å². The quantitative estimate of drug-likeness (QED) is 0.293. The molecule has 1 heterocycles. The molecular formula is C29H31N3O6S. The molecule has 3 aromatic rings. The maximum absolute atomic E-state index is 13.0. The second-order valence-electron chi connectivity index (χ2n) is 9.34. The average molecular weight is 550 g/mol. The number of esters is 1. The summed E-state index contributed by atoms with van der Waals surface area (Å²) in [6, 6.07) is 22.8. The summed E-state index contributed by atoms with van der Waals surface area (Å²) in [7, 11) is -3.71. The van der Waals surface area contributed by atoms with Gasteiger partial charge in [-0.15, -0.1) is 0 Å². The minimum Gasteiger partial charge on any atom is -0.459 e. The lowest BCUT2D eigenvalue weighted by molar-refractivity contribution is -0.147. The van der Waals surface area contributed by atoms with Crippen LogP contribution in [0.5, 0.6) is 0 Å². The van der Waals surface area contributed by atoms with Gasteiger partial charge in [0, 0.05) is 31.1 Å². The first-order chi connectivity index (χ1) is 18.8. The normalized spacial score (nSPS) is 15.2. The lowest BCUT2D eigenvalue weighted by Crippen LogP contribution is -2.45. The van der Waals surface area contributed by atoms with Crippen molar-refractivity contribution in [3.63, 3.8) is 0 Å². The molecule has 9 nitrogen and oxygen atoms in total. The molecule has 3 aromatic carbocycles. The molecule has 4 rings (SSSR count). The van der Waals surface area contributed by atoms with Gasteiger partial charge < -0.3 is 20.2 Å². The zero-order valence-corrected chi connectivity index (χ0v) is 22.2. The summed E-state index contributed by atoms with van der Waals surface area (Å²) in [6.07, 6.45) is 2.11. The number of urea groups is 1. The van der Waals surface area contributed by atoms with Crippen molar-refractivity contribution in [3.8, 4) is 0 Å². The number of carbonyl (C=O) groups is 3. The van der Waals surface area contributed by atoms with Crippen molar-refractivity contribution in [2.24, 2.45) is 5.92 Å². The molecule has 1 aliphatic heterocycles. The lowest BCUT2D eigenvalue weighted by Gasteiger charge is -2.28. The monoisotopic (exact) mass is 549 g/mol. The molecule has 0 bridgehead atoms. The molecule has 0 unspecified atom stereocenters. The van der Waals surface area contributed by atoms with Crippen LogP contribution in [0, 0.1) is 5.92 Å². The van der Waals surface area contributed by atoms with Crippen molar-refractivity contribution in [2.45, 2.75) is 36.8 Å². The Kier molecular flexibility index (Phi) is 9.45. The van der Waals surface area contributed by atoms with Crippen molar-refractivity contribution in [2.75, 3.05) is 18.4 Å². The van der Waals surface area contributed by atoms with Gasteiger partial charge in [-0.3, -0.25) is 0 Å². The van der Waals surface area contributed by atoms with E-state index in [0.717, 1.165) is 17.4 Å². The Morgan fingerprint density at radius 1 is 0.897 bits per heavy atom. The van der Waals surface area contributed by atoms with Gasteiger partial charge in [-0.2, -0.15) is 4.31 Å². The van der Waals surface area contributed by atoms with Crippen LogP contribution in [-0.2, 0) is 37.4 Å². The maximum Gasteiger partial charge on any atom is 0.329 e. The van der Waals surface area contributed by atoms with Gasteiger partial charge in [-0.25, -0.2) is 18.0 Å². The van der Waals surface area contributed by atoms with E-state index in [4.69, 9.17) is 4.74 Å². The number of ether oxygens (including phenoxy) is 1. The number of aldehydes is 1. The second-order valence-corrected chi connectivity index (χ2v) is 11.3. The van der Waals surface area contributed by atoms with Gasteiger partial charge in [-0.05, 0) is 48.2 Å². The Morgan fingerprint density at radius 2 is 1.49 bits per heavy atom. The summed E-state index contributed by atoms with van der Waals surface area (Å²) >= 11 is 0. The number of hydrogen-bond acceptors (Lipinski definition) is 6. The van der Waals surface area contributed by atoms with Crippen LogP contribution in [0.2, 0.25) is 0 Å². The Bertz CT molecular complexity index is 1360. The van der Waals surface area contributed by atoms with E-state index in [2.05, 4.69) is 10.6 Å². The fourth-order valence-corrected chi connectivity index (χ4v) is 5.78. The van der Waals surface area contributed by atoms with Gasteiger partial charge in [0.2, 0.25) is 10.0 Å². The number of carbonyl (C=O) groups excluding carboxylic acids is 3. The first-order valence-corrected chi connectivity index (χ1v) is 14.2. The van der Waals surface area contributed by atoms with E-state index in [9.17, 15) is 22.8 Å². The van der Waals surface area contributed by atoms with Crippen molar-refractivity contribution in [1.82, 2.24) is 9.62 Å². The standard InChI is InChI=1S/C29H31N3O6S/c33-20-23-15-17-32(18-16-23)39(36,37)26-13-11-25(12-14-26)30-29(35)31-27(19-22-7-3-1-4-8-22)28(34)38-21-24-9-5-2-6-10-24/h1-14,20,23,27H,15-19,21H2,(H2,30,31,35)/t27-/m0/s1. The first kappa shape index (κ1) is 28.0. The number of benzene rings is 3. The predicted octanol–water partition coefficient (Wildman–Crippen LogP) is 3.76. The van der Waals surface area contributed by atoms with Gasteiger partial charge >= 0.3 is 12.0 Å². The molecule has 10 heteroatoms. The second kappa shape index (κ2) is 13.2. The molecule has 1 saturated heterocycles. The molecular weight excluding hydrogens is 518 g/mol. The number of hydrogen-bond donors (Lipinski definition) is 2. The van der Waals surface area contributed by atoms with Crippen molar-refractivity contribution >= 4 is 34.0 Å². The highest BCUT2D eigenvalue weighted by Crippen LogP contribution is 2.24. The van der Waals surface area contributed by atoms with E-state index in [1.807, 2.05) is 60.7 Å². The van der Waals surface area contributed by atoms with Crippen LogP contribution < -0.4 is 10.6 Å². The molecule has 0 radical (unpaired) electrons. The SMILES string of the molecule is O=CC1CCN(S(=O)(=O)c2ccc(NC(=O)N[C@@H](Cc3ccccc3)C(=O)OCc3ccccc3)cc2)CC1.